The summed E-state index contributed by atoms with van der Waals surface area (Å²) in [5, 5.41) is 3.07. The van der Waals surface area contributed by atoms with Crippen LogP contribution >= 0.6 is 0 Å². The van der Waals surface area contributed by atoms with Crippen LogP contribution in [-0.2, 0) is 0 Å². The largest absolute Gasteiger partial charge is 0.285 e. The highest BCUT2D eigenvalue weighted by atomic mass is 19.1. The molecule has 70 valence electrons. The maximum atomic E-state index is 14.3. The molecule has 1 atom stereocenters. The van der Waals surface area contributed by atoms with Gasteiger partial charge in [0.05, 0.1) is 0 Å². The lowest BCUT2D eigenvalue weighted by atomic mass is 9.62. The molecule has 0 amide bonds. The Bertz CT molecular complexity index is 169. The summed E-state index contributed by atoms with van der Waals surface area (Å²) in [6, 6.07) is 0. The molecule has 0 aromatic carbocycles. The molecule has 1 unspecified atom stereocenters. The van der Waals surface area contributed by atoms with Gasteiger partial charge in [-0.2, -0.15) is 0 Å². The number of piperidine rings is 1. The molecule has 1 saturated carbocycles. The minimum Gasteiger partial charge on any atom is -0.285 e. The van der Waals surface area contributed by atoms with E-state index in [4.69, 9.17) is 0 Å². The highest BCUT2D eigenvalue weighted by molar-refractivity contribution is 5.00. The van der Waals surface area contributed by atoms with E-state index in [1.807, 2.05) is 0 Å². The Labute approximate surface area is 73.7 Å². The van der Waals surface area contributed by atoms with Gasteiger partial charge in [-0.25, -0.2) is 4.39 Å². The van der Waals surface area contributed by atoms with Gasteiger partial charge in [0.25, 0.3) is 0 Å². The molecule has 0 aromatic heterocycles. The average Bonchev–Trinajstić information content (AvgIpc) is 2.01. The number of hydrogen-bond donors (Lipinski definition) is 1. The van der Waals surface area contributed by atoms with Crippen LogP contribution < -0.4 is 5.32 Å². The van der Waals surface area contributed by atoms with Crippen molar-refractivity contribution in [3.63, 3.8) is 0 Å². The third-order valence-corrected chi connectivity index (χ3v) is 3.77. The number of alkyl halides is 1. The molecular weight excluding hydrogens is 153 g/mol. The van der Waals surface area contributed by atoms with Gasteiger partial charge in [0.15, 0.2) is 5.79 Å². The maximum Gasteiger partial charge on any atom is 0.167 e. The number of hydrogen-bond acceptors (Lipinski definition) is 1. The van der Waals surface area contributed by atoms with Crippen LogP contribution in [0.3, 0.4) is 0 Å². The molecule has 1 aliphatic carbocycles. The van der Waals surface area contributed by atoms with Crippen LogP contribution in [0, 0.1) is 5.41 Å². The van der Waals surface area contributed by atoms with Crippen LogP contribution in [-0.4, -0.2) is 12.3 Å². The van der Waals surface area contributed by atoms with Crippen LogP contribution in [0.2, 0.25) is 0 Å². The molecule has 1 nitrogen and oxygen atoms in total. The van der Waals surface area contributed by atoms with Gasteiger partial charge in [0.1, 0.15) is 0 Å². The number of nitrogens with one attached hydrogen (secondary N) is 1. The average molecular weight is 171 g/mol. The summed E-state index contributed by atoms with van der Waals surface area (Å²) in [4.78, 5) is 0. The topological polar surface area (TPSA) is 12.0 Å². The Hall–Kier alpha value is -0.110. The number of halogens is 1. The van der Waals surface area contributed by atoms with E-state index in [0.717, 1.165) is 38.6 Å². The Balaban J connectivity index is 2.07. The van der Waals surface area contributed by atoms with E-state index >= 15 is 0 Å². The van der Waals surface area contributed by atoms with E-state index in [0.29, 0.717) is 0 Å². The summed E-state index contributed by atoms with van der Waals surface area (Å²) in [7, 11) is 0. The highest BCUT2D eigenvalue weighted by Crippen LogP contribution is 2.52. The summed E-state index contributed by atoms with van der Waals surface area (Å²) in [5.41, 5.74) is -0.0482. The highest BCUT2D eigenvalue weighted by Gasteiger charge is 2.52. The second-order valence-corrected chi connectivity index (χ2v) is 4.60. The van der Waals surface area contributed by atoms with Gasteiger partial charge in [-0.05, 0) is 38.6 Å². The zero-order valence-electron chi connectivity index (χ0n) is 7.83. The first kappa shape index (κ1) is 8.49. The minimum atomic E-state index is -1.04. The van der Waals surface area contributed by atoms with Gasteiger partial charge in [-0.1, -0.05) is 13.3 Å². The molecule has 2 heteroatoms. The van der Waals surface area contributed by atoms with Crippen molar-refractivity contribution >= 4 is 0 Å². The molecule has 0 bridgehead atoms. The van der Waals surface area contributed by atoms with Crippen molar-refractivity contribution in [2.75, 3.05) is 6.54 Å². The van der Waals surface area contributed by atoms with E-state index in [1.165, 1.54) is 6.42 Å². The van der Waals surface area contributed by atoms with Crippen molar-refractivity contribution in [3.05, 3.63) is 0 Å². The van der Waals surface area contributed by atoms with E-state index in [-0.39, 0.29) is 5.41 Å². The molecule has 1 N–H and O–H groups in total. The summed E-state index contributed by atoms with van der Waals surface area (Å²) in [5.74, 6) is -1.04. The Morgan fingerprint density at radius 3 is 2.25 bits per heavy atom. The zero-order valence-corrected chi connectivity index (χ0v) is 7.83. The van der Waals surface area contributed by atoms with Crippen LogP contribution in [0.1, 0.15) is 45.4 Å². The van der Waals surface area contributed by atoms with Crippen molar-refractivity contribution in [2.45, 2.75) is 51.2 Å². The quantitative estimate of drug-likeness (QED) is 0.598. The predicted molar refractivity (Wildman–Crippen MR) is 47.7 cm³/mol. The van der Waals surface area contributed by atoms with Gasteiger partial charge >= 0.3 is 0 Å². The van der Waals surface area contributed by atoms with E-state index in [9.17, 15) is 4.39 Å². The zero-order chi connectivity index (χ0) is 8.66. The van der Waals surface area contributed by atoms with Crippen molar-refractivity contribution in [2.24, 2.45) is 5.41 Å². The first-order valence-electron chi connectivity index (χ1n) is 5.10. The van der Waals surface area contributed by atoms with Gasteiger partial charge in [-0.3, -0.25) is 5.32 Å². The van der Waals surface area contributed by atoms with Crippen molar-refractivity contribution in [1.82, 2.24) is 5.32 Å². The molecule has 2 aliphatic rings. The molecular formula is C10H18FN. The van der Waals surface area contributed by atoms with Crippen LogP contribution in [0.4, 0.5) is 4.39 Å². The van der Waals surface area contributed by atoms with E-state index in [2.05, 4.69) is 12.2 Å². The molecule has 0 aromatic rings. The molecule has 0 spiro atoms. The Kier molecular flexibility index (Phi) is 1.90. The Morgan fingerprint density at radius 2 is 1.83 bits per heavy atom. The van der Waals surface area contributed by atoms with Crippen molar-refractivity contribution in [3.8, 4) is 0 Å². The molecule has 1 heterocycles. The van der Waals surface area contributed by atoms with Crippen LogP contribution in [0.15, 0.2) is 0 Å². The summed E-state index contributed by atoms with van der Waals surface area (Å²) < 4.78 is 14.3. The first-order valence-corrected chi connectivity index (χ1v) is 5.10. The lowest BCUT2D eigenvalue weighted by Crippen LogP contribution is -2.58. The van der Waals surface area contributed by atoms with Gasteiger partial charge in [0.2, 0.25) is 0 Å². The standard InChI is InChI=1S/C10H18FN/c1-9(5-4-6-9)10(11)7-2-3-8-12-10/h12H,2-8H2,1H3. The smallest absolute Gasteiger partial charge is 0.167 e. The summed E-state index contributed by atoms with van der Waals surface area (Å²) >= 11 is 0. The molecule has 1 aliphatic heterocycles. The molecule has 2 fully saturated rings. The number of rotatable bonds is 1. The summed E-state index contributed by atoms with van der Waals surface area (Å²) in [6.07, 6.45) is 6.27. The summed E-state index contributed by atoms with van der Waals surface area (Å²) in [6.45, 7) is 2.96. The fraction of sp³-hybridized carbons (Fsp3) is 1.00. The van der Waals surface area contributed by atoms with Crippen molar-refractivity contribution in [1.29, 1.82) is 0 Å². The predicted octanol–water partition coefficient (Wildman–Crippen LogP) is 2.62. The van der Waals surface area contributed by atoms with Crippen LogP contribution in [0.5, 0.6) is 0 Å². The third-order valence-electron chi connectivity index (χ3n) is 3.77. The second kappa shape index (κ2) is 2.69. The van der Waals surface area contributed by atoms with Crippen molar-refractivity contribution < 1.29 is 4.39 Å². The van der Waals surface area contributed by atoms with E-state index in [1.54, 1.807) is 0 Å². The van der Waals surface area contributed by atoms with Crippen LogP contribution in [0.25, 0.3) is 0 Å². The van der Waals surface area contributed by atoms with Gasteiger partial charge in [0, 0.05) is 5.41 Å². The lowest BCUT2D eigenvalue weighted by molar-refractivity contribution is -0.0949. The molecule has 1 saturated heterocycles. The fourth-order valence-corrected chi connectivity index (χ4v) is 2.49. The lowest BCUT2D eigenvalue weighted by Gasteiger charge is -2.51. The SMILES string of the molecule is CC1(C2(F)CCCCN2)CCC1. The maximum absolute atomic E-state index is 14.3. The fourth-order valence-electron chi connectivity index (χ4n) is 2.49. The second-order valence-electron chi connectivity index (χ2n) is 4.60. The normalized spacial score (nSPS) is 40.5. The van der Waals surface area contributed by atoms with Gasteiger partial charge < -0.3 is 0 Å². The monoisotopic (exact) mass is 171 g/mol. The first-order chi connectivity index (χ1) is 5.66. The third kappa shape index (κ3) is 1.08. The van der Waals surface area contributed by atoms with Gasteiger partial charge in [-0.15, -0.1) is 0 Å². The minimum absolute atomic E-state index is 0.0482. The molecule has 12 heavy (non-hydrogen) atoms. The molecule has 2 rings (SSSR count). The Morgan fingerprint density at radius 1 is 1.08 bits per heavy atom. The van der Waals surface area contributed by atoms with E-state index < -0.39 is 5.79 Å². The molecule has 0 radical (unpaired) electrons.